The third-order valence-electron chi connectivity index (χ3n) is 4.49. The summed E-state index contributed by atoms with van der Waals surface area (Å²) in [7, 11) is 0. The van der Waals surface area contributed by atoms with Gasteiger partial charge in [-0.3, -0.25) is 9.36 Å². The molecule has 166 valence electrons. The van der Waals surface area contributed by atoms with Crippen LogP contribution in [0.15, 0.2) is 83.1 Å². The number of hydrogen-bond donors (Lipinski definition) is 3. The zero-order valence-corrected chi connectivity index (χ0v) is 18.7. The number of carbonyl (C=O) groups excluding carboxylic acids is 1. The first kappa shape index (κ1) is 22.4. The number of hydrogen-bond acceptors (Lipinski definition) is 7. The molecule has 1 heterocycles. The van der Waals surface area contributed by atoms with Crippen LogP contribution in [0.3, 0.4) is 0 Å². The Morgan fingerprint density at radius 1 is 1.06 bits per heavy atom. The molecule has 0 aliphatic carbocycles. The van der Waals surface area contributed by atoms with Gasteiger partial charge in [0, 0.05) is 27.9 Å². The van der Waals surface area contributed by atoms with E-state index in [1.54, 1.807) is 12.1 Å². The first-order chi connectivity index (χ1) is 16.0. The zero-order valence-electron chi connectivity index (χ0n) is 17.1. The van der Waals surface area contributed by atoms with Crippen LogP contribution < -0.4 is 5.43 Å². The standard InChI is InChI=1S/C23H18ClN5O3S/c24-17-7-9-18(10-8-17)29-22(15-4-2-1-3-5-15)27-28-23(29)33-14-21(32)26-25-13-16-6-11-19(30)12-20(16)31/h1-13,30-31H,14H2,(H,26,32). The topological polar surface area (TPSA) is 113 Å². The molecule has 0 radical (unpaired) electrons. The number of thioether (sulfide) groups is 1. The van der Waals surface area contributed by atoms with Crippen molar-refractivity contribution in [2.24, 2.45) is 5.10 Å². The van der Waals surface area contributed by atoms with Crippen molar-refractivity contribution in [2.75, 3.05) is 5.75 Å². The van der Waals surface area contributed by atoms with Crippen molar-refractivity contribution in [1.29, 1.82) is 0 Å². The molecule has 0 spiro atoms. The summed E-state index contributed by atoms with van der Waals surface area (Å²) >= 11 is 7.25. The molecule has 4 aromatic rings. The summed E-state index contributed by atoms with van der Waals surface area (Å²) in [6, 6.07) is 21.0. The van der Waals surface area contributed by atoms with Gasteiger partial charge in [-0.25, -0.2) is 5.43 Å². The maximum absolute atomic E-state index is 12.3. The van der Waals surface area contributed by atoms with Gasteiger partial charge in [-0.15, -0.1) is 10.2 Å². The van der Waals surface area contributed by atoms with E-state index in [0.717, 1.165) is 11.3 Å². The third-order valence-corrected chi connectivity index (χ3v) is 5.67. The van der Waals surface area contributed by atoms with Crippen molar-refractivity contribution in [2.45, 2.75) is 5.16 Å². The Hall–Kier alpha value is -3.82. The highest BCUT2D eigenvalue weighted by atomic mass is 35.5. The minimum Gasteiger partial charge on any atom is -0.508 e. The second-order valence-corrected chi connectivity index (χ2v) is 8.19. The maximum Gasteiger partial charge on any atom is 0.250 e. The highest BCUT2D eigenvalue weighted by Crippen LogP contribution is 2.28. The molecule has 0 fully saturated rings. The number of carbonyl (C=O) groups is 1. The normalized spacial score (nSPS) is 11.1. The fraction of sp³-hybridized carbons (Fsp3) is 0.0435. The van der Waals surface area contributed by atoms with E-state index in [1.807, 2.05) is 47.0 Å². The van der Waals surface area contributed by atoms with E-state index in [4.69, 9.17) is 11.6 Å². The van der Waals surface area contributed by atoms with Gasteiger partial charge in [0.05, 0.1) is 12.0 Å². The highest BCUT2D eigenvalue weighted by Gasteiger charge is 2.17. The number of phenolic OH excluding ortho intramolecular Hbond substituents is 2. The summed E-state index contributed by atoms with van der Waals surface area (Å²) < 4.78 is 1.86. The number of aromatic nitrogens is 3. The van der Waals surface area contributed by atoms with Gasteiger partial charge in [-0.1, -0.05) is 53.7 Å². The molecule has 10 heteroatoms. The lowest BCUT2D eigenvalue weighted by molar-refractivity contribution is -0.118. The first-order valence-electron chi connectivity index (χ1n) is 9.75. The van der Waals surface area contributed by atoms with Gasteiger partial charge in [-0.2, -0.15) is 5.10 Å². The Bertz CT molecular complexity index is 1290. The van der Waals surface area contributed by atoms with Crippen molar-refractivity contribution in [3.63, 3.8) is 0 Å². The lowest BCUT2D eigenvalue weighted by Crippen LogP contribution is -2.20. The lowest BCUT2D eigenvalue weighted by Gasteiger charge is -2.10. The van der Waals surface area contributed by atoms with E-state index in [9.17, 15) is 15.0 Å². The molecule has 8 nitrogen and oxygen atoms in total. The number of halogens is 1. The highest BCUT2D eigenvalue weighted by molar-refractivity contribution is 7.99. The number of aromatic hydroxyl groups is 2. The summed E-state index contributed by atoms with van der Waals surface area (Å²) in [6.07, 6.45) is 1.29. The van der Waals surface area contributed by atoms with Crippen molar-refractivity contribution in [3.8, 4) is 28.6 Å². The molecule has 1 amide bonds. The Balaban J connectivity index is 1.49. The summed E-state index contributed by atoms with van der Waals surface area (Å²) in [5, 5.41) is 32.7. The molecule has 3 aromatic carbocycles. The predicted molar refractivity (Wildman–Crippen MR) is 128 cm³/mol. The third kappa shape index (κ3) is 5.51. The average Bonchev–Trinajstić information content (AvgIpc) is 3.24. The van der Waals surface area contributed by atoms with Gasteiger partial charge in [0.25, 0.3) is 5.91 Å². The molecular weight excluding hydrogens is 462 g/mol. The zero-order chi connectivity index (χ0) is 23.2. The van der Waals surface area contributed by atoms with Crippen LogP contribution in [0.1, 0.15) is 5.56 Å². The molecule has 0 aliphatic heterocycles. The molecule has 0 saturated heterocycles. The molecule has 0 bridgehead atoms. The van der Waals surface area contributed by atoms with Crippen molar-refractivity contribution < 1.29 is 15.0 Å². The number of rotatable bonds is 7. The molecule has 33 heavy (non-hydrogen) atoms. The molecule has 0 atom stereocenters. The second-order valence-electron chi connectivity index (χ2n) is 6.81. The maximum atomic E-state index is 12.3. The predicted octanol–water partition coefficient (Wildman–Crippen LogP) is 4.24. The van der Waals surface area contributed by atoms with E-state index in [0.29, 0.717) is 21.6 Å². The number of phenols is 2. The number of nitrogens with zero attached hydrogens (tertiary/aromatic N) is 4. The van der Waals surface area contributed by atoms with Gasteiger partial charge in [-0.05, 0) is 36.4 Å². The van der Waals surface area contributed by atoms with E-state index in [-0.39, 0.29) is 23.2 Å². The van der Waals surface area contributed by atoms with Gasteiger partial charge in [0.1, 0.15) is 11.5 Å². The Morgan fingerprint density at radius 2 is 1.82 bits per heavy atom. The monoisotopic (exact) mass is 479 g/mol. The molecule has 1 aromatic heterocycles. The molecular formula is C23H18ClN5O3S. The van der Waals surface area contributed by atoms with Gasteiger partial charge in [0.15, 0.2) is 11.0 Å². The van der Waals surface area contributed by atoms with E-state index in [1.165, 1.54) is 36.2 Å². The molecule has 0 unspecified atom stereocenters. The number of hydrazone groups is 1. The van der Waals surface area contributed by atoms with Crippen LogP contribution in [-0.4, -0.2) is 42.9 Å². The summed E-state index contributed by atoms with van der Waals surface area (Å²) in [5.74, 6) is 0.110. The van der Waals surface area contributed by atoms with Crippen molar-refractivity contribution >= 4 is 35.5 Å². The minimum atomic E-state index is -0.360. The number of benzene rings is 3. The quantitative estimate of drug-likeness (QED) is 0.207. The fourth-order valence-electron chi connectivity index (χ4n) is 2.94. The van der Waals surface area contributed by atoms with Crippen LogP contribution >= 0.6 is 23.4 Å². The van der Waals surface area contributed by atoms with Crippen LogP contribution in [0, 0.1) is 0 Å². The SMILES string of the molecule is O=C(CSc1nnc(-c2ccccc2)n1-c1ccc(Cl)cc1)NN=Cc1ccc(O)cc1O. The lowest BCUT2D eigenvalue weighted by atomic mass is 10.2. The van der Waals surface area contributed by atoms with E-state index < -0.39 is 0 Å². The molecule has 4 rings (SSSR count). The van der Waals surface area contributed by atoms with Crippen molar-refractivity contribution in [3.05, 3.63) is 83.4 Å². The average molecular weight is 480 g/mol. The second kappa shape index (κ2) is 10.2. The Morgan fingerprint density at radius 3 is 2.55 bits per heavy atom. The van der Waals surface area contributed by atoms with E-state index >= 15 is 0 Å². The molecule has 0 saturated carbocycles. The Labute approximate surface area is 198 Å². The Kier molecular flexibility index (Phi) is 6.92. The molecule has 3 N–H and O–H groups in total. The largest absolute Gasteiger partial charge is 0.508 e. The van der Waals surface area contributed by atoms with Crippen LogP contribution in [0.2, 0.25) is 5.02 Å². The number of amides is 1. The van der Waals surface area contributed by atoms with Crippen LogP contribution in [0.4, 0.5) is 0 Å². The molecule has 0 aliphatic rings. The van der Waals surface area contributed by atoms with Gasteiger partial charge >= 0.3 is 0 Å². The van der Waals surface area contributed by atoms with E-state index in [2.05, 4.69) is 20.7 Å². The van der Waals surface area contributed by atoms with Crippen molar-refractivity contribution in [1.82, 2.24) is 20.2 Å². The number of nitrogens with one attached hydrogen (secondary N) is 1. The summed E-state index contributed by atoms with van der Waals surface area (Å²) in [6.45, 7) is 0. The van der Waals surface area contributed by atoms with Crippen LogP contribution in [0.5, 0.6) is 11.5 Å². The first-order valence-corrected chi connectivity index (χ1v) is 11.1. The van der Waals surface area contributed by atoms with Crippen LogP contribution in [-0.2, 0) is 4.79 Å². The summed E-state index contributed by atoms with van der Waals surface area (Å²) in [5.41, 5.74) is 4.46. The summed E-state index contributed by atoms with van der Waals surface area (Å²) in [4.78, 5) is 12.3. The van der Waals surface area contributed by atoms with Gasteiger partial charge < -0.3 is 10.2 Å². The fourth-order valence-corrected chi connectivity index (χ4v) is 3.81. The van der Waals surface area contributed by atoms with Gasteiger partial charge in [0.2, 0.25) is 0 Å². The smallest absolute Gasteiger partial charge is 0.250 e. The van der Waals surface area contributed by atoms with Crippen LogP contribution in [0.25, 0.3) is 17.1 Å². The minimum absolute atomic E-state index is 0.0411.